The van der Waals surface area contributed by atoms with E-state index in [1.54, 1.807) is 0 Å². The molecule has 98 valence electrons. The van der Waals surface area contributed by atoms with Gasteiger partial charge in [0, 0.05) is 0 Å². The molecule has 2 N–H and O–H groups in total. The quantitative estimate of drug-likeness (QED) is 0.861. The minimum atomic E-state index is -1.24. The molecular weight excluding hydrogens is 228 g/mol. The summed E-state index contributed by atoms with van der Waals surface area (Å²) in [5.41, 5.74) is 2.13. The number of aliphatic carboxylic acids is 1. The number of hydrogen-bond acceptors (Lipinski definition) is 2. The Morgan fingerprint density at radius 1 is 1.28 bits per heavy atom. The summed E-state index contributed by atoms with van der Waals surface area (Å²) in [7, 11) is 0. The van der Waals surface area contributed by atoms with Crippen molar-refractivity contribution in [3.8, 4) is 0 Å². The SMILES string of the molecule is CCC(O)(CC(=O)O)c1ccc2c(c1)CCCC2. The first kappa shape index (κ1) is 13.1. The summed E-state index contributed by atoms with van der Waals surface area (Å²) in [5, 5.41) is 19.4. The molecule has 0 aliphatic heterocycles. The summed E-state index contributed by atoms with van der Waals surface area (Å²) < 4.78 is 0. The minimum Gasteiger partial charge on any atom is -0.481 e. The lowest BCUT2D eigenvalue weighted by Crippen LogP contribution is -2.28. The highest BCUT2D eigenvalue weighted by atomic mass is 16.4. The fourth-order valence-electron chi connectivity index (χ4n) is 2.70. The monoisotopic (exact) mass is 248 g/mol. The third-order valence-corrected chi connectivity index (χ3v) is 3.91. The lowest BCUT2D eigenvalue weighted by atomic mass is 9.83. The smallest absolute Gasteiger partial charge is 0.306 e. The van der Waals surface area contributed by atoms with Crippen LogP contribution in [0.2, 0.25) is 0 Å². The van der Waals surface area contributed by atoms with Crippen LogP contribution in [0.15, 0.2) is 18.2 Å². The fraction of sp³-hybridized carbons (Fsp3) is 0.533. The number of aryl methyl sites for hydroxylation is 2. The maximum Gasteiger partial charge on any atom is 0.306 e. The number of benzene rings is 1. The van der Waals surface area contributed by atoms with E-state index in [2.05, 4.69) is 0 Å². The normalized spacial score (nSPS) is 17.9. The molecule has 1 aliphatic rings. The first-order chi connectivity index (χ1) is 8.55. The van der Waals surface area contributed by atoms with Crippen LogP contribution in [0, 0.1) is 0 Å². The van der Waals surface area contributed by atoms with Gasteiger partial charge in [0.25, 0.3) is 0 Å². The lowest BCUT2D eigenvalue weighted by Gasteiger charge is -2.27. The van der Waals surface area contributed by atoms with E-state index in [-0.39, 0.29) is 6.42 Å². The van der Waals surface area contributed by atoms with E-state index in [9.17, 15) is 9.90 Å². The Labute approximate surface area is 107 Å². The summed E-state index contributed by atoms with van der Waals surface area (Å²) in [4.78, 5) is 10.9. The number of aliphatic hydroxyl groups is 1. The zero-order chi connectivity index (χ0) is 13.2. The van der Waals surface area contributed by atoms with Crippen molar-refractivity contribution < 1.29 is 15.0 Å². The Morgan fingerprint density at radius 2 is 1.94 bits per heavy atom. The summed E-state index contributed by atoms with van der Waals surface area (Å²) >= 11 is 0. The van der Waals surface area contributed by atoms with Crippen LogP contribution in [0.4, 0.5) is 0 Å². The second-order valence-corrected chi connectivity index (χ2v) is 5.15. The van der Waals surface area contributed by atoms with Gasteiger partial charge >= 0.3 is 5.97 Å². The number of fused-ring (bicyclic) bond motifs is 1. The highest BCUT2D eigenvalue weighted by molar-refractivity contribution is 5.68. The van der Waals surface area contributed by atoms with Gasteiger partial charge < -0.3 is 10.2 Å². The molecular formula is C15H20O3. The number of carbonyl (C=O) groups is 1. The Morgan fingerprint density at radius 3 is 2.56 bits per heavy atom. The second kappa shape index (κ2) is 5.11. The third-order valence-electron chi connectivity index (χ3n) is 3.91. The van der Waals surface area contributed by atoms with E-state index in [1.165, 1.54) is 24.0 Å². The van der Waals surface area contributed by atoms with Gasteiger partial charge in [0.05, 0.1) is 12.0 Å². The van der Waals surface area contributed by atoms with E-state index >= 15 is 0 Å². The Kier molecular flexibility index (Phi) is 3.71. The maximum absolute atomic E-state index is 10.9. The molecule has 0 heterocycles. The molecule has 3 heteroatoms. The van der Waals surface area contributed by atoms with Crippen molar-refractivity contribution in [2.24, 2.45) is 0 Å². The van der Waals surface area contributed by atoms with Gasteiger partial charge in [-0.2, -0.15) is 0 Å². The van der Waals surface area contributed by atoms with E-state index < -0.39 is 11.6 Å². The molecule has 0 amide bonds. The zero-order valence-corrected chi connectivity index (χ0v) is 10.8. The highest BCUT2D eigenvalue weighted by Gasteiger charge is 2.30. The highest BCUT2D eigenvalue weighted by Crippen LogP contribution is 2.32. The largest absolute Gasteiger partial charge is 0.481 e. The Bertz CT molecular complexity index is 453. The summed E-state index contributed by atoms with van der Waals surface area (Å²) in [6.07, 6.45) is 4.72. The van der Waals surface area contributed by atoms with Gasteiger partial charge in [0.15, 0.2) is 0 Å². The van der Waals surface area contributed by atoms with Crippen LogP contribution in [-0.2, 0) is 23.2 Å². The predicted molar refractivity (Wildman–Crippen MR) is 69.5 cm³/mol. The fourth-order valence-corrected chi connectivity index (χ4v) is 2.70. The minimum absolute atomic E-state index is 0.234. The van der Waals surface area contributed by atoms with Crippen LogP contribution >= 0.6 is 0 Å². The van der Waals surface area contributed by atoms with E-state index in [0.29, 0.717) is 6.42 Å². The van der Waals surface area contributed by atoms with Crippen LogP contribution in [0.25, 0.3) is 0 Å². The molecule has 18 heavy (non-hydrogen) atoms. The van der Waals surface area contributed by atoms with Gasteiger partial charge in [0.2, 0.25) is 0 Å². The van der Waals surface area contributed by atoms with Crippen LogP contribution in [0.3, 0.4) is 0 Å². The molecule has 0 aromatic heterocycles. The van der Waals surface area contributed by atoms with Crippen molar-refractivity contribution in [3.05, 3.63) is 34.9 Å². The predicted octanol–water partition coefficient (Wildman–Crippen LogP) is 2.64. The van der Waals surface area contributed by atoms with E-state index in [4.69, 9.17) is 5.11 Å². The van der Waals surface area contributed by atoms with E-state index in [0.717, 1.165) is 18.4 Å². The first-order valence-corrected chi connectivity index (χ1v) is 6.61. The molecule has 0 fully saturated rings. The summed E-state index contributed by atoms with van der Waals surface area (Å²) in [5.74, 6) is -0.961. The van der Waals surface area contributed by atoms with Gasteiger partial charge in [0.1, 0.15) is 0 Å². The molecule has 0 saturated heterocycles. The summed E-state index contributed by atoms with van der Waals surface area (Å²) in [6.45, 7) is 1.82. The van der Waals surface area contributed by atoms with Gasteiger partial charge in [-0.1, -0.05) is 25.1 Å². The maximum atomic E-state index is 10.9. The topological polar surface area (TPSA) is 57.5 Å². The number of carboxylic acid groups (broad SMARTS) is 1. The number of rotatable bonds is 4. The second-order valence-electron chi connectivity index (χ2n) is 5.15. The van der Waals surface area contributed by atoms with Crippen LogP contribution < -0.4 is 0 Å². The average molecular weight is 248 g/mol. The molecule has 1 aliphatic carbocycles. The molecule has 1 aromatic rings. The van der Waals surface area contributed by atoms with Crippen molar-refractivity contribution in [1.82, 2.24) is 0 Å². The number of carboxylic acids is 1. The molecule has 0 radical (unpaired) electrons. The van der Waals surface area contributed by atoms with Crippen LogP contribution in [-0.4, -0.2) is 16.2 Å². The zero-order valence-electron chi connectivity index (χ0n) is 10.8. The standard InChI is InChI=1S/C15H20O3/c1-2-15(18,10-14(16)17)13-8-7-11-5-3-4-6-12(11)9-13/h7-9,18H,2-6,10H2,1H3,(H,16,17). The van der Waals surface area contributed by atoms with Crippen molar-refractivity contribution >= 4 is 5.97 Å². The molecule has 0 bridgehead atoms. The molecule has 0 spiro atoms. The van der Waals surface area contributed by atoms with Crippen molar-refractivity contribution in [1.29, 1.82) is 0 Å². The van der Waals surface area contributed by atoms with Crippen molar-refractivity contribution in [3.63, 3.8) is 0 Å². The van der Waals surface area contributed by atoms with Crippen LogP contribution in [0.5, 0.6) is 0 Å². The first-order valence-electron chi connectivity index (χ1n) is 6.61. The third kappa shape index (κ3) is 2.56. The summed E-state index contributed by atoms with van der Waals surface area (Å²) in [6, 6.07) is 5.93. The van der Waals surface area contributed by atoms with Crippen molar-refractivity contribution in [2.45, 2.75) is 51.0 Å². The molecule has 1 unspecified atom stereocenters. The molecule has 3 nitrogen and oxygen atoms in total. The average Bonchev–Trinajstić information content (AvgIpc) is 2.37. The van der Waals surface area contributed by atoms with Crippen LogP contribution in [0.1, 0.15) is 49.3 Å². The van der Waals surface area contributed by atoms with Gasteiger partial charge in [-0.15, -0.1) is 0 Å². The van der Waals surface area contributed by atoms with Crippen molar-refractivity contribution in [2.75, 3.05) is 0 Å². The Hall–Kier alpha value is -1.35. The Balaban J connectivity index is 2.34. The molecule has 1 atom stereocenters. The lowest BCUT2D eigenvalue weighted by molar-refractivity contribution is -0.143. The molecule has 1 aromatic carbocycles. The van der Waals surface area contributed by atoms with Gasteiger partial charge in [-0.25, -0.2) is 0 Å². The van der Waals surface area contributed by atoms with Gasteiger partial charge in [-0.3, -0.25) is 4.79 Å². The molecule has 0 saturated carbocycles. The number of hydrogen-bond donors (Lipinski definition) is 2. The van der Waals surface area contributed by atoms with E-state index in [1.807, 2.05) is 25.1 Å². The molecule has 2 rings (SSSR count). The van der Waals surface area contributed by atoms with Gasteiger partial charge in [-0.05, 0) is 48.8 Å².